The normalized spacial score (nSPS) is 14.5. The van der Waals surface area contributed by atoms with Crippen molar-refractivity contribution in [1.29, 1.82) is 0 Å². The van der Waals surface area contributed by atoms with Crippen LogP contribution in [0.15, 0.2) is 30.3 Å². The summed E-state index contributed by atoms with van der Waals surface area (Å²) in [7, 11) is -0.00990. The number of nitrogens with two attached hydrogens (primary N) is 1. The fourth-order valence-electron chi connectivity index (χ4n) is 4.37. The molecule has 2 aromatic carbocycles. The Morgan fingerprint density at radius 1 is 1.11 bits per heavy atom. The number of methoxy groups -OCH3 is 2. The molecule has 1 aliphatic rings. The van der Waals surface area contributed by atoms with Gasteiger partial charge in [-0.25, -0.2) is 13.1 Å². The highest BCUT2D eigenvalue weighted by Gasteiger charge is 2.22. The van der Waals surface area contributed by atoms with E-state index in [4.69, 9.17) is 31.5 Å². The SMILES string of the molecule is COc1cc(COc2cc(N)c(Cl)cc2C(=O)CCC2CCN(CCNS(C)(=O)=O)CC2)cc(OC)c1.Cl. The lowest BCUT2D eigenvalue weighted by Gasteiger charge is -2.31. The van der Waals surface area contributed by atoms with Gasteiger partial charge in [-0.1, -0.05) is 11.6 Å². The number of ketones is 1. The van der Waals surface area contributed by atoms with E-state index in [0.717, 1.165) is 44.2 Å². The molecule has 0 bridgehead atoms. The number of ether oxygens (including phenoxy) is 3. The summed E-state index contributed by atoms with van der Waals surface area (Å²) in [5.74, 6) is 2.06. The van der Waals surface area contributed by atoms with E-state index in [9.17, 15) is 13.2 Å². The minimum Gasteiger partial charge on any atom is -0.497 e. The van der Waals surface area contributed by atoms with E-state index in [0.29, 0.717) is 59.0 Å². The molecule has 0 radical (unpaired) electrons. The number of benzene rings is 2. The lowest BCUT2D eigenvalue weighted by atomic mass is 9.90. The van der Waals surface area contributed by atoms with Gasteiger partial charge in [-0.05, 0) is 62.0 Å². The van der Waals surface area contributed by atoms with Gasteiger partial charge in [0.2, 0.25) is 10.0 Å². The van der Waals surface area contributed by atoms with Crippen molar-refractivity contribution in [2.24, 2.45) is 5.92 Å². The van der Waals surface area contributed by atoms with Gasteiger partial charge in [0.25, 0.3) is 0 Å². The summed E-state index contributed by atoms with van der Waals surface area (Å²) in [5.41, 5.74) is 7.58. The maximum Gasteiger partial charge on any atom is 0.208 e. The van der Waals surface area contributed by atoms with Crippen LogP contribution in [0, 0.1) is 5.92 Å². The van der Waals surface area contributed by atoms with Gasteiger partial charge in [-0.15, -0.1) is 12.4 Å². The number of halogens is 2. The molecule has 1 heterocycles. The van der Waals surface area contributed by atoms with Crippen LogP contribution < -0.4 is 24.7 Å². The molecule has 0 atom stereocenters. The van der Waals surface area contributed by atoms with Gasteiger partial charge < -0.3 is 24.8 Å². The van der Waals surface area contributed by atoms with Crippen LogP contribution >= 0.6 is 24.0 Å². The molecule has 0 saturated carbocycles. The highest BCUT2D eigenvalue weighted by Crippen LogP contribution is 2.32. The molecule has 3 N–H and O–H groups in total. The van der Waals surface area contributed by atoms with Crippen LogP contribution in [0.3, 0.4) is 0 Å². The number of hydrogen-bond acceptors (Lipinski definition) is 8. The minimum atomic E-state index is -3.17. The summed E-state index contributed by atoms with van der Waals surface area (Å²) < 4.78 is 41.6. The molecule has 212 valence electrons. The Hall–Kier alpha value is -2.24. The molecular weight excluding hydrogens is 553 g/mol. The number of nitrogens with zero attached hydrogens (tertiary/aromatic N) is 1. The van der Waals surface area contributed by atoms with Crippen molar-refractivity contribution < 1.29 is 27.4 Å². The van der Waals surface area contributed by atoms with E-state index in [-0.39, 0.29) is 24.8 Å². The quantitative estimate of drug-likeness (QED) is 0.264. The van der Waals surface area contributed by atoms with Crippen LogP contribution in [0.4, 0.5) is 5.69 Å². The minimum absolute atomic E-state index is 0. The summed E-state index contributed by atoms with van der Waals surface area (Å²) in [4.78, 5) is 15.4. The Morgan fingerprint density at radius 2 is 1.74 bits per heavy atom. The third-order valence-electron chi connectivity index (χ3n) is 6.48. The fraction of sp³-hybridized carbons (Fsp3) is 0.500. The average Bonchev–Trinajstić information content (AvgIpc) is 2.87. The molecule has 1 fully saturated rings. The Kier molecular flexibility index (Phi) is 12.4. The summed E-state index contributed by atoms with van der Waals surface area (Å²) in [5, 5.41) is 0.315. The zero-order valence-electron chi connectivity index (χ0n) is 22.0. The van der Waals surface area contributed by atoms with Gasteiger partial charge in [0.1, 0.15) is 23.9 Å². The first kappa shape index (κ1) is 32.0. The second-order valence-electron chi connectivity index (χ2n) is 9.29. The first-order valence-corrected chi connectivity index (χ1v) is 14.5. The Bertz CT molecular complexity index is 1170. The molecule has 0 spiro atoms. The number of Topliss-reactive ketones (excluding diaryl/α,β-unsaturated/α-hetero) is 1. The molecule has 0 amide bonds. The van der Waals surface area contributed by atoms with E-state index in [1.165, 1.54) is 0 Å². The zero-order chi connectivity index (χ0) is 27.0. The molecule has 1 saturated heterocycles. The number of likely N-dealkylation sites (tertiary alicyclic amines) is 1. The zero-order valence-corrected chi connectivity index (χ0v) is 24.4. The number of rotatable bonds is 13. The predicted octanol–water partition coefficient (Wildman–Crippen LogP) is 4.16. The third-order valence-corrected chi connectivity index (χ3v) is 7.54. The van der Waals surface area contributed by atoms with Crippen molar-refractivity contribution in [3.63, 3.8) is 0 Å². The molecule has 38 heavy (non-hydrogen) atoms. The number of nitrogen functional groups attached to an aromatic ring is 1. The van der Waals surface area contributed by atoms with Crippen LogP contribution in [0.1, 0.15) is 41.6 Å². The van der Waals surface area contributed by atoms with Gasteiger partial charge in [0.05, 0.1) is 36.7 Å². The lowest BCUT2D eigenvalue weighted by Crippen LogP contribution is -2.39. The van der Waals surface area contributed by atoms with Crippen LogP contribution in [0.2, 0.25) is 5.02 Å². The van der Waals surface area contributed by atoms with Crippen LogP contribution in [0.25, 0.3) is 0 Å². The maximum absolute atomic E-state index is 13.2. The van der Waals surface area contributed by atoms with Crippen LogP contribution in [0.5, 0.6) is 17.2 Å². The van der Waals surface area contributed by atoms with Crippen molar-refractivity contribution in [3.8, 4) is 17.2 Å². The molecule has 3 rings (SSSR count). The Balaban J connectivity index is 0.00000507. The predicted molar refractivity (Wildman–Crippen MR) is 153 cm³/mol. The van der Waals surface area contributed by atoms with Crippen molar-refractivity contribution in [3.05, 3.63) is 46.5 Å². The second-order valence-corrected chi connectivity index (χ2v) is 11.5. The monoisotopic (exact) mass is 589 g/mol. The molecular formula is C26H37Cl2N3O6S. The van der Waals surface area contributed by atoms with Gasteiger partial charge >= 0.3 is 0 Å². The summed E-state index contributed by atoms with van der Waals surface area (Å²) >= 11 is 6.25. The first-order valence-electron chi connectivity index (χ1n) is 12.2. The van der Waals surface area contributed by atoms with E-state index >= 15 is 0 Å². The van der Waals surface area contributed by atoms with Crippen LogP contribution in [-0.4, -0.2) is 65.8 Å². The number of sulfonamides is 1. The summed E-state index contributed by atoms with van der Waals surface area (Å²) in [6, 6.07) is 8.63. The summed E-state index contributed by atoms with van der Waals surface area (Å²) in [6.45, 7) is 3.06. The van der Waals surface area contributed by atoms with Crippen molar-refractivity contribution >= 4 is 45.5 Å². The van der Waals surface area contributed by atoms with Gasteiger partial charge in [0.15, 0.2) is 5.78 Å². The average molecular weight is 591 g/mol. The number of nitrogens with one attached hydrogen (secondary N) is 1. The topological polar surface area (TPSA) is 120 Å². The molecule has 2 aromatic rings. The highest BCUT2D eigenvalue weighted by molar-refractivity contribution is 7.88. The largest absolute Gasteiger partial charge is 0.497 e. The first-order chi connectivity index (χ1) is 17.6. The van der Waals surface area contributed by atoms with E-state index in [1.54, 1.807) is 32.4 Å². The number of hydrogen-bond donors (Lipinski definition) is 2. The van der Waals surface area contributed by atoms with Crippen molar-refractivity contribution in [2.75, 3.05) is 52.4 Å². The van der Waals surface area contributed by atoms with Crippen molar-refractivity contribution in [1.82, 2.24) is 9.62 Å². The number of piperidine rings is 1. The van der Waals surface area contributed by atoms with Gasteiger partial charge in [-0.2, -0.15) is 0 Å². The second kappa shape index (κ2) is 14.8. The summed E-state index contributed by atoms with van der Waals surface area (Å²) in [6.07, 6.45) is 4.24. The number of anilines is 1. The van der Waals surface area contributed by atoms with E-state index < -0.39 is 10.0 Å². The smallest absolute Gasteiger partial charge is 0.208 e. The Morgan fingerprint density at radius 3 is 2.32 bits per heavy atom. The fourth-order valence-corrected chi connectivity index (χ4v) is 5.00. The molecule has 12 heteroatoms. The lowest BCUT2D eigenvalue weighted by molar-refractivity contribution is 0.0958. The number of carbonyl (C=O) groups excluding carboxylic acids is 1. The third kappa shape index (κ3) is 9.81. The van der Waals surface area contributed by atoms with Crippen molar-refractivity contribution in [2.45, 2.75) is 32.3 Å². The Labute approximate surface area is 236 Å². The molecule has 0 aromatic heterocycles. The number of carbonyl (C=O) groups is 1. The van der Waals surface area contributed by atoms with Gasteiger partial charge in [0, 0.05) is 31.6 Å². The standard InChI is InChI=1S/C26H36ClN3O6S.ClH/c1-34-20-12-19(13-21(14-20)35-2)17-36-26-16-24(28)23(27)15-22(26)25(31)5-4-18-6-9-30(10-7-18)11-8-29-37(3,32)33;/h12-16,18,29H,4-11,17,28H2,1-3H3;1H. The molecule has 9 nitrogen and oxygen atoms in total. The van der Waals surface area contributed by atoms with Gasteiger partial charge in [-0.3, -0.25) is 4.79 Å². The molecule has 1 aliphatic heterocycles. The van der Waals surface area contributed by atoms with E-state index in [2.05, 4.69) is 9.62 Å². The van der Waals surface area contributed by atoms with E-state index in [1.807, 2.05) is 12.1 Å². The van der Waals surface area contributed by atoms with Crippen LogP contribution in [-0.2, 0) is 16.6 Å². The highest BCUT2D eigenvalue weighted by atomic mass is 35.5. The maximum atomic E-state index is 13.2. The molecule has 0 aliphatic carbocycles. The molecule has 0 unspecified atom stereocenters.